The summed E-state index contributed by atoms with van der Waals surface area (Å²) in [7, 11) is 0. The van der Waals surface area contributed by atoms with E-state index in [4.69, 9.17) is 18.9 Å². The highest BCUT2D eigenvalue weighted by Gasteiger charge is 2.36. The van der Waals surface area contributed by atoms with E-state index in [0.29, 0.717) is 25.7 Å². The molecule has 0 spiro atoms. The summed E-state index contributed by atoms with van der Waals surface area (Å²) in [6.07, 6.45) is 5.55. The zero-order valence-corrected chi connectivity index (χ0v) is 44.7. The van der Waals surface area contributed by atoms with Gasteiger partial charge in [-0.25, -0.2) is 45.1 Å². The number of ether oxygens (including phenoxy) is 4. The maximum absolute atomic E-state index is 16.8. The van der Waals surface area contributed by atoms with Crippen molar-refractivity contribution in [1.29, 1.82) is 0 Å². The standard InChI is InChI=1S/C60H46F16N4O4/c1-5-9-21-81-57-49(69)41(61)37(42(62)50(57)70)33-25-13-15-27(77-25)34(38-43(63)51(71)58(52(72)44(38)64)82-22-10-6-2)29-17-19-31(79-29)36(40-47(67)55(75)60(56(76)48(40)68)84-24-12-8-4)32-20-18-30(80-32)35(28-16-14-26(33)78-28)39-45(65)53(73)59(54(74)46(39)66)83-23-11-7-3/h13-20,77,80H,5-12,21-24H2,1-4H3. The van der Waals surface area contributed by atoms with Crippen molar-refractivity contribution in [1.82, 2.24) is 19.9 Å². The van der Waals surface area contributed by atoms with E-state index in [1.54, 1.807) is 27.7 Å². The van der Waals surface area contributed by atoms with Crippen molar-refractivity contribution in [3.63, 3.8) is 0 Å². The fraction of sp³-hybridized carbons (Fsp3) is 0.267. The summed E-state index contributed by atoms with van der Waals surface area (Å²) in [5.74, 6) is -40.1. The Morgan fingerprint density at radius 1 is 0.274 bits per heavy atom. The Labute approximate surface area is 467 Å². The van der Waals surface area contributed by atoms with Crippen molar-refractivity contribution >= 4 is 46.4 Å². The molecule has 24 heteroatoms. The van der Waals surface area contributed by atoms with Gasteiger partial charge in [0.15, 0.2) is 69.5 Å². The van der Waals surface area contributed by atoms with Crippen LogP contribution in [0.5, 0.6) is 23.0 Å². The lowest BCUT2D eigenvalue weighted by molar-refractivity contribution is 0.267. The third-order valence-corrected chi connectivity index (χ3v) is 13.6. The van der Waals surface area contributed by atoms with Crippen molar-refractivity contribution in [2.75, 3.05) is 26.4 Å². The monoisotopic (exact) mass is 1190 g/mol. The molecule has 0 atom stereocenters. The van der Waals surface area contributed by atoms with Gasteiger partial charge in [0.05, 0.1) is 71.5 Å². The highest BCUT2D eigenvalue weighted by Crippen LogP contribution is 2.47. The molecular formula is C60H46F16N4O4. The van der Waals surface area contributed by atoms with Crippen LogP contribution in [0.2, 0.25) is 0 Å². The fourth-order valence-electron chi connectivity index (χ4n) is 9.36. The number of hydrogen-bond donors (Lipinski definition) is 2. The van der Waals surface area contributed by atoms with E-state index in [1.165, 1.54) is 0 Å². The van der Waals surface area contributed by atoms with E-state index in [9.17, 15) is 0 Å². The van der Waals surface area contributed by atoms with Crippen molar-refractivity contribution in [2.24, 2.45) is 0 Å². The lowest BCUT2D eigenvalue weighted by Gasteiger charge is -2.15. The molecule has 0 saturated heterocycles. The molecule has 0 unspecified atom stereocenters. The van der Waals surface area contributed by atoms with Crippen molar-refractivity contribution in [2.45, 2.75) is 79.1 Å². The lowest BCUT2D eigenvalue weighted by Crippen LogP contribution is -2.08. The topological polar surface area (TPSA) is 94.3 Å². The van der Waals surface area contributed by atoms with Crippen LogP contribution in [0.25, 0.3) is 90.9 Å². The van der Waals surface area contributed by atoms with E-state index in [-0.39, 0.29) is 25.7 Å². The van der Waals surface area contributed by atoms with Gasteiger partial charge in [0, 0.05) is 44.3 Å². The number of aromatic nitrogens is 4. The number of unbranched alkanes of at least 4 members (excludes halogenated alkanes) is 4. The average Bonchev–Trinajstić information content (AvgIpc) is 2.73. The van der Waals surface area contributed by atoms with Gasteiger partial charge in [-0.1, -0.05) is 53.4 Å². The van der Waals surface area contributed by atoms with Crippen molar-refractivity contribution in [3.05, 3.63) is 140 Å². The number of H-pyrrole nitrogens is 2. The first kappa shape index (κ1) is 60.2. The van der Waals surface area contributed by atoms with Crippen molar-refractivity contribution < 1.29 is 89.2 Å². The molecule has 9 rings (SSSR count). The normalized spacial score (nSPS) is 12.0. The van der Waals surface area contributed by atoms with Crippen LogP contribution in [0.15, 0.2) is 24.3 Å². The molecule has 8 nitrogen and oxygen atoms in total. The zero-order valence-electron chi connectivity index (χ0n) is 44.7. The number of nitrogens with zero attached hydrogens (tertiary/aromatic N) is 2. The molecule has 3 aromatic heterocycles. The Kier molecular flexibility index (Phi) is 17.8. The van der Waals surface area contributed by atoms with Gasteiger partial charge in [0.1, 0.15) is 0 Å². The molecule has 0 radical (unpaired) electrons. The molecular weight excluding hydrogens is 1140 g/mol. The van der Waals surface area contributed by atoms with E-state index in [1.807, 2.05) is 0 Å². The second-order valence-electron chi connectivity index (χ2n) is 19.2. The van der Waals surface area contributed by atoms with Crippen LogP contribution in [-0.4, -0.2) is 46.4 Å². The van der Waals surface area contributed by atoms with Gasteiger partial charge in [0.2, 0.25) is 46.5 Å². The minimum absolute atomic E-state index is 0.158. The molecule has 2 N–H and O–H groups in total. The van der Waals surface area contributed by atoms with E-state index in [0.717, 1.165) is 48.6 Å². The fourth-order valence-corrected chi connectivity index (χ4v) is 9.36. The molecule has 7 aromatic rings. The molecule has 8 bridgehead atoms. The summed E-state index contributed by atoms with van der Waals surface area (Å²) < 4.78 is 284. The summed E-state index contributed by atoms with van der Waals surface area (Å²) in [6.45, 7) is 4.95. The Balaban J connectivity index is 1.52. The molecule has 0 aliphatic carbocycles. The molecule has 2 aliphatic rings. The number of benzene rings is 4. The SMILES string of the molecule is CCCCOc1c(F)c(F)c(-c2c3nc(c(-c4c(F)c(F)c(OCCCC)c(F)c4F)c4ccc([nH]4)c(-c4c(F)c(F)c(OCCCC)c(F)c4F)c4nc(c(-c5c(F)c(F)c(OCCCC)c(F)c5F)c5ccc2[nH]5)C=C4)C=C3)c(F)c1F. The van der Waals surface area contributed by atoms with E-state index in [2.05, 4.69) is 19.9 Å². The molecule has 442 valence electrons. The van der Waals surface area contributed by atoms with Crippen LogP contribution >= 0.6 is 0 Å². The number of hydrogen-bond acceptors (Lipinski definition) is 6. The third-order valence-electron chi connectivity index (χ3n) is 13.6. The maximum atomic E-state index is 16.8. The minimum Gasteiger partial charge on any atom is -0.487 e. The van der Waals surface area contributed by atoms with Crippen LogP contribution in [0.4, 0.5) is 70.2 Å². The number of rotatable bonds is 20. The average molecular weight is 1190 g/mol. The number of halogens is 16. The summed E-state index contributed by atoms with van der Waals surface area (Å²) in [6, 6.07) is 3.42. The smallest absolute Gasteiger partial charge is 0.204 e. The first-order valence-electron chi connectivity index (χ1n) is 26.4. The van der Waals surface area contributed by atoms with E-state index < -0.39 is 232 Å². The first-order chi connectivity index (χ1) is 40.2. The van der Waals surface area contributed by atoms with Crippen LogP contribution in [0, 0.1) is 93.1 Å². The van der Waals surface area contributed by atoms with Gasteiger partial charge in [-0.2, -0.15) is 35.1 Å². The Hall–Kier alpha value is -8.44. The minimum atomic E-state index is -2.16. The van der Waals surface area contributed by atoms with Crippen LogP contribution < -0.4 is 18.9 Å². The summed E-state index contributed by atoms with van der Waals surface area (Å²) in [4.78, 5) is 13.7. The van der Waals surface area contributed by atoms with Gasteiger partial charge < -0.3 is 28.9 Å². The number of fused-ring (bicyclic) bond motifs is 8. The lowest BCUT2D eigenvalue weighted by atomic mass is 10.0. The van der Waals surface area contributed by atoms with E-state index >= 15 is 70.2 Å². The quantitative estimate of drug-likeness (QED) is 0.0449. The Morgan fingerprint density at radius 3 is 0.619 bits per heavy atom. The maximum Gasteiger partial charge on any atom is 0.204 e. The van der Waals surface area contributed by atoms with Crippen LogP contribution in [0.3, 0.4) is 0 Å². The summed E-state index contributed by atoms with van der Waals surface area (Å²) in [5.41, 5.74) is -16.6. The van der Waals surface area contributed by atoms with Crippen molar-refractivity contribution in [3.8, 4) is 67.5 Å². The second kappa shape index (κ2) is 24.8. The van der Waals surface area contributed by atoms with Crippen LogP contribution in [0.1, 0.15) is 102 Å². The highest BCUT2D eigenvalue weighted by molar-refractivity contribution is 6.00. The van der Waals surface area contributed by atoms with Gasteiger partial charge in [0.25, 0.3) is 0 Å². The highest BCUT2D eigenvalue weighted by atomic mass is 19.2. The molecule has 4 aromatic carbocycles. The molecule has 0 saturated carbocycles. The molecule has 2 aliphatic heterocycles. The molecule has 0 amide bonds. The predicted molar refractivity (Wildman–Crippen MR) is 282 cm³/mol. The summed E-state index contributed by atoms with van der Waals surface area (Å²) >= 11 is 0. The molecule has 5 heterocycles. The van der Waals surface area contributed by atoms with Gasteiger partial charge in [-0.3, -0.25) is 0 Å². The van der Waals surface area contributed by atoms with Gasteiger partial charge in [-0.05, 0) is 74.3 Å². The second-order valence-corrected chi connectivity index (χ2v) is 19.2. The predicted octanol–water partition coefficient (Wildman–Crippen LogP) is 18.3. The van der Waals surface area contributed by atoms with Crippen LogP contribution in [-0.2, 0) is 0 Å². The van der Waals surface area contributed by atoms with Gasteiger partial charge >= 0.3 is 0 Å². The largest absolute Gasteiger partial charge is 0.487 e. The molecule has 84 heavy (non-hydrogen) atoms. The molecule has 0 fully saturated rings. The van der Waals surface area contributed by atoms with Gasteiger partial charge in [-0.15, -0.1) is 0 Å². The zero-order chi connectivity index (χ0) is 60.6. The number of aromatic amines is 2. The number of nitrogens with one attached hydrogen (secondary N) is 2. The Bertz CT molecular complexity index is 3410. The Morgan fingerprint density at radius 2 is 0.452 bits per heavy atom. The third kappa shape index (κ3) is 10.6. The first-order valence-corrected chi connectivity index (χ1v) is 26.4. The summed E-state index contributed by atoms with van der Waals surface area (Å²) in [5, 5.41) is 0.